The topological polar surface area (TPSA) is 199 Å². The zero-order valence-electron chi connectivity index (χ0n) is 29.2. The summed E-state index contributed by atoms with van der Waals surface area (Å²) in [4.78, 5) is 58.8. The Morgan fingerprint density at radius 1 is 0.854 bits per heavy atom. The first-order valence-electron chi connectivity index (χ1n) is 17.8. The summed E-state index contributed by atoms with van der Waals surface area (Å²) in [5.41, 5.74) is -2.72. The molecule has 12 heteroatoms. The van der Waals surface area contributed by atoms with Crippen molar-refractivity contribution < 1.29 is 54.2 Å². The van der Waals surface area contributed by atoms with Crippen molar-refractivity contribution in [2.24, 2.45) is 52.3 Å². The second-order valence-electron chi connectivity index (χ2n) is 16.5. The van der Waals surface area contributed by atoms with Crippen molar-refractivity contribution in [3.05, 3.63) is 0 Å². The van der Waals surface area contributed by atoms with Crippen LogP contribution in [-0.4, -0.2) is 97.5 Å². The normalized spacial score (nSPS) is 38.3. The highest BCUT2D eigenvalue weighted by Gasteiger charge is 2.65. The lowest BCUT2D eigenvalue weighted by Gasteiger charge is -2.63. The summed E-state index contributed by atoms with van der Waals surface area (Å²) in [7, 11) is 0. The van der Waals surface area contributed by atoms with Crippen LogP contribution in [0.1, 0.15) is 105 Å². The molecule has 5 rings (SSSR count). The molecule has 10 atom stereocenters. The van der Waals surface area contributed by atoms with Crippen LogP contribution < -0.4 is 0 Å². The fraction of sp³-hybridized carbons (Fsp3) is 0.861. The number of aliphatic carboxylic acids is 3. The van der Waals surface area contributed by atoms with Crippen LogP contribution in [0.5, 0.6) is 0 Å². The summed E-state index contributed by atoms with van der Waals surface area (Å²) in [6.45, 7) is 13.4. The quantitative estimate of drug-likeness (QED) is 0.221. The Labute approximate surface area is 283 Å². The fourth-order valence-corrected chi connectivity index (χ4v) is 10.8. The van der Waals surface area contributed by atoms with Gasteiger partial charge < -0.3 is 30.3 Å². The summed E-state index contributed by atoms with van der Waals surface area (Å²) in [5.74, 6) is -1.77. The van der Waals surface area contributed by atoms with E-state index in [9.17, 15) is 29.1 Å². The highest BCUT2D eigenvalue weighted by atomic mass is 16.5. The van der Waals surface area contributed by atoms with Crippen LogP contribution in [0, 0.1) is 52.3 Å². The van der Waals surface area contributed by atoms with Crippen molar-refractivity contribution in [2.45, 2.75) is 123 Å². The lowest BCUT2D eigenvalue weighted by Crippen LogP contribution is -2.61. The number of aliphatic hydroxyl groups is 2. The molecule has 272 valence electrons. The molecule has 1 saturated heterocycles. The Bertz CT molecular complexity index is 1210. The molecule has 0 unspecified atom stereocenters. The molecule has 5 N–H and O–H groups in total. The number of ketones is 1. The standard InChI is InChI=1S/C30H49NO4.C6H8O7/c1-18-10-12-31(13-11-18)17-27(34)35-26-16-30(5)23(20(3)32)8-9-24(30)22-7-6-21-14-25(33)19(2)15-29(21,4)28(22)26;7-3(8)1-6(13,5(11)12)2-4(9)10/h18-19,21-26,28,33H,6-17H2,1-5H3;13H,1-2H2,(H,7,8)(H,9,10)(H,11,12)/t19-,21-,22-,23+,24-,25-,26-,28+,29-,30+;/m0./s1. The van der Waals surface area contributed by atoms with E-state index >= 15 is 0 Å². The van der Waals surface area contributed by atoms with Gasteiger partial charge in [-0.1, -0.05) is 27.7 Å². The number of likely N-dealkylation sites (tertiary alicyclic amines) is 1. The van der Waals surface area contributed by atoms with Gasteiger partial charge >= 0.3 is 23.9 Å². The molecule has 0 aromatic heterocycles. The van der Waals surface area contributed by atoms with Crippen LogP contribution in [0.2, 0.25) is 0 Å². The van der Waals surface area contributed by atoms with Crippen molar-refractivity contribution in [1.29, 1.82) is 0 Å². The average molecular weight is 680 g/mol. The third-order valence-electron chi connectivity index (χ3n) is 13.2. The Morgan fingerprint density at radius 2 is 1.46 bits per heavy atom. The van der Waals surface area contributed by atoms with E-state index in [1.165, 1.54) is 0 Å². The summed E-state index contributed by atoms with van der Waals surface area (Å²) in [6.07, 6.45) is 6.83. The van der Waals surface area contributed by atoms with E-state index in [0.717, 1.165) is 76.8 Å². The Hall–Kier alpha value is -2.57. The van der Waals surface area contributed by atoms with Gasteiger partial charge in [-0.3, -0.25) is 24.1 Å². The zero-order valence-corrected chi connectivity index (χ0v) is 29.2. The number of aliphatic hydroxyl groups excluding tert-OH is 1. The van der Waals surface area contributed by atoms with Crippen LogP contribution in [0.25, 0.3) is 0 Å². The maximum atomic E-state index is 13.4. The van der Waals surface area contributed by atoms with Crippen molar-refractivity contribution >= 4 is 29.7 Å². The van der Waals surface area contributed by atoms with Gasteiger partial charge in [0.05, 0.1) is 25.5 Å². The molecule has 1 aliphatic heterocycles. The first kappa shape index (κ1) is 38.2. The smallest absolute Gasteiger partial charge is 0.336 e. The molecule has 5 fully saturated rings. The number of ether oxygens (including phenoxy) is 1. The maximum Gasteiger partial charge on any atom is 0.336 e. The minimum Gasteiger partial charge on any atom is -0.481 e. The third kappa shape index (κ3) is 7.91. The van der Waals surface area contributed by atoms with Gasteiger partial charge in [-0.25, -0.2) is 4.79 Å². The van der Waals surface area contributed by atoms with Gasteiger partial charge in [0.25, 0.3) is 0 Å². The number of carbonyl (C=O) groups excluding carboxylic acids is 2. The molecule has 0 aromatic carbocycles. The molecule has 4 saturated carbocycles. The van der Waals surface area contributed by atoms with Gasteiger partial charge in [-0.2, -0.15) is 0 Å². The molecule has 0 radical (unpaired) electrons. The number of esters is 1. The molecule has 0 aromatic rings. The number of rotatable bonds is 9. The van der Waals surface area contributed by atoms with Crippen molar-refractivity contribution in [1.82, 2.24) is 4.90 Å². The number of Topliss-reactive ketones (excluding diaryl/α,β-unsaturated/α-hetero) is 1. The predicted molar refractivity (Wildman–Crippen MR) is 174 cm³/mol. The van der Waals surface area contributed by atoms with Crippen LogP contribution in [0.15, 0.2) is 0 Å². The van der Waals surface area contributed by atoms with E-state index in [2.05, 4.69) is 32.6 Å². The molecule has 0 amide bonds. The van der Waals surface area contributed by atoms with E-state index in [4.69, 9.17) is 25.2 Å². The van der Waals surface area contributed by atoms with E-state index in [1.54, 1.807) is 6.92 Å². The monoisotopic (exact) mass is 679 g/mol. The van der Waals surface area contributed by atoms with Crippen LogP contribution in [0.4, 0.5) is 0 Å². The lowest BCUT2D eigenvalue weighted by atomic mass is 9.43. The second-order valence-corrected chi connectivity index (χ2v) is 16.5. The van der Waals surface area contributed by atoms with E-state index in [1.807, 2.05) is 0 Å². The molecular formula is C36H57NO11. The van der Waals surface area contributed by atoms with Gasteiger partial charge in [-0.05, 0) is 118 Å². The highest BCUT2D eigenvalue weighted by Crippen LogP contribution is 2.68. The van der Waals surface area contributed by atoms with Gasteiger partial charge in [0, 0.05) is 11.8 Å². The van der Waals surface area contributed by atoms with Crippen LogP contribution >= 0.6 is 0 Å². The molecule has 4 aliphatic carbocycles. The van der Waals surface area contributed by atoms with Crippen LogP contribution in [-0.2, 0) is 28.7 Å². The molecule has 1 heterocycles. The Kier molecular flexibility index (Phi) is 11.7. The van der Waals surface area contributed by atoms with E-state index < -0.39 is 36.4 Å². The van der Waals surface area contributed by atoms with Gasteiger partial charge in [-0.15, -0.1) is 0 Å². The number of piperidine rings is 1. The molecule has 12 nitrogen and oxygen atoms in total. The first-order valence-corrected chi connectivity index (χ1v) is 17.8. The minimum atomic E-state index is -2.74. The Balaban J connectivity index is 0.000000341. The van der Waals surface area contributed by atoms with E-state index in [0.29, 0.717) is 36.0 Å². The number of carboxylic acid groups (broad SMARTS) is 3. The molecular weight excluding hydrogens is 622 g/mol. The van der Waals surface area contributed by atoms with Gasteiger partial charge in [0.15, 0.2) is 5.60 Å². The van der Waals surface area contributed by atoms with Crippen molar-refractivity contribution in [3.8, 4) is 0 Å². The highest BCUT2D eigenvalue weighted by molar-refractivity contribution is 5.88. The Morgan fingerprint density at radius 3 is 2.00 bits per heavy atom. The fourth-order valence-electron chi connectivity index (χ4n) is 10.8. The van der Waals surface area contributed by atoms with E-state index in [-0.39, 0.29) is 40.8 Å². The SMILES string of the molecule is CC(=O)[C@H]1CC[C@H]2[C@@H]3CC[C@H]4C[C@H](O)[C@@H](C)C[C@]4(C)[C@H]3[C@@H](OC(=O)CN3CCC(C)CC3)C[C@]12C.O=C(O)CC(O)(CC(=O)O)C(=O)O. The number of nitrogens with zero attached hydrogens (tertiary/aromatic N) is 1. The van der Waals surface area contributed by atoms with Crippen molar-refractivity contribution in [2.75, 3.05) is 19.6 Å². The second kappa shape index (κ2) is 14.7. The molecule has 0 spiro atoms. The number of carboxylic acids is 3. The third-order valence-corrected chi connectivity index (χ3v) is 13.2. The summed E-state index contributed by atoms with van der Waals surface area (Å²) >= 11 is 0. The summed E-state index contributed by atoms with van der Waals surface area (Å²) in [6, 6.07) is 0. The number of fused-ring (bicyclic) bond motifs is 5. The molecule has 48 heavy (non-hydrogen) atoms. The summed E-state index contributed by atoms with van der Waals surface area (Å²) in [5, 5.41) is 44.5. The largest absolute Gasteiger partial charge is 0.481 e. The molecule has 0 bridgehead atoms. The number of hydrogen-bond donors (Lipinski definition) is 5. The number of hydrogen-bond acceptors (Lipinski definition) is 9. The molecule has 5 aliphatic rings. The first-order chi connectivity index (χ1) is 22.3. The summed E-state index contributed by atoms with van der Waals surface area (Å²) < 4.78 is 6.51. The zero-order chi connectivity index (χ0) is 35.8. The maximum absolute atomic E-state index is 13.4. The van der Waals surface area contributed by atoms with Gasteiger partial charge in [0.2, 0.25) is 0 Å². The average Bonchev–Trinajstić information content (AvgIpc) is 3.31. The van der Waals surface area contributed by atoms with Crippen molar-refractivity contribution in [3.63, 3.8) is 0 Å². The predicted octanol–water partition coefficient (Wildman–Crippen LogP) is 3.85. The number of carbonyl (C=O) groups is 5. The minimum absolute atomic E-state index is 0.0680. The lowest BCUT2D eigenvalue weighted by molar-refractivity contribution is -0.204. The van der Waals surface area contributed by atoms with Crippen LogP contribution in [0.3, 0.4) is 0 Å². The van der Waals surface area contributed by atoms with Gasteiger partial charge in [0.1, 0.15) is 11.9 Å².